The van der Waals surface area contributed by atoms with Gasteiger partial charge >= 0.3 is 0 Å². The van der Waals surface area contributed by atoms with Crippen molar-refractivity contribution in [3.63, 3.8) is 0 Å². The summed E-state index contributed by atoms with van der Waals surface area (Å²) in [5.41, 5.74) is 7.39. The number of hydrogen-bond acceptors (Lipinski definition) is 5. The minimum absolute atomic E-state index is 0.402. The number of nitrogen functional groups attached to an aromatic ring is 1. The average molecular weight is 294 g/mol. The predicted molar refractivity (Wildman–Crippen MR) is 78.6 cm³/mol. The van der Waals surface area contributed by atoms with Gasteiger partial charge in [-0.05, 0) is 31.2 Å². The Morgan fingerprint density at radius 2 is 1.75 bits per heavy atom. The van der Waals surface area contributed by atoms with Crippen molar-refractivity contribution in [2.45, 2.75) is 12.2 Å². The first kappa shape index (κ1) is 14.6. The Balaban J connectivity index is 2.03. The van der Waals surface area contributed by atoms with Crippen LogP contribution >= 0.6 is 0 Å². The zero-order chi connectivity index (χ0) is 14.8. The van der Waals surface area contributed by atoms with E-state index in [2.05, 4.69) is 4.90 Å². The summed E-state index contributed by atoms with van der Waals surface area (Å²) in [6.45, 7) is 3.45. The summed E-state index contributed by atoms with van der Waals surface area (Å²) in [5.74, 6) is 0. The molecule has 0 aromatic heterocycles. The second kappa shape index (κ2) is 5.69. The van der Waals surface area contributed by atoms with E-state index in [1.807, 2.05) is 24.3 Å². The maximum atomic E-state index is 12.1. The molecule has 0 spiro atoms. The van der Waals surface area contributed by atoms with E-state index in [4.69, 9.17) is 11.0 Å². The summed E-state index contributed by atoms with van der Waals surface area (Å²) in [5, 5.41) is 7.78. The normalized spacial score (nSPS) is 18.5. The third kappa shape index (κ3) is 2.86. The lowest BCUT2D eigenvalue weighted by atomic mass is 10.2. The summed E-state index contributed by atoms with van der Waals surface area (Å²) in [4.78, 5) is 2.11. The Labute approximate surface area is 119 Å². The predicted octanol–water partition coefficient (Wildman–Crippen LogP) is 0.633. The first-order chi connectivity index (χ1) is 9.45. The molecule has 1 aromatic carbocycles. The summed E-state index contributed by atoms with van der Waals surface area (Å²) < 4.78 is 25.5. The van der Waals surface area contributed by atoms with Crippen molar-refractivity contribution in [2.24, 2.45) is 0 Å². The number of hydrogen-bond donors (Lipinski definition) is 1. The SMILES string of the molecule is CC(C#N)S(=O)(=O)N1CCN(c2ccc(N)cc2)CC1. The Morgan fingerprint density at radius 3 is 2.25 bits per heavy atom. The smallest absolute Gasteiger partial charge is 0.230 e. The summed E-state index contributed by atoms with van der Waals surface area (Å²) >= 11 is 0. The number of anilines is 2. The molecule has 1 fully saturated rings. The highest BCUT2D eigenvalue weighted by molar-refractivity contribution is 7.89. The number of nitrogens with zero attached hydrogens (tertiary/aromatic N) is 3. The summed E-state index contributed by atoms with van der Waals surface area (Å²) in [6, 6.07) is 9.31. The fourth-order valence-electron chi connectivity index (χ4n) is 2.18. The van der Waals surface area contributed by atoms with E-state index in [0.29, 0.717) is 31.9 Å². The lowest BCUT2D eigenvalue weighted by molar-refractivity contribution is 0.383. The molecule has 1 aliphatic rings. The van der Waals surface area contributed by atoms with Crippen LogP contribution < -0.4 is 10.6 Å². The van der Waals surface area contributed by atoms with Gasteiger partial charge in [-0.1, -0.05) is 0 Å². The highest BCUT2D eigenvalue weighted by Gasteiger charge is 2.31. The standard InChI is InChI=1S/C13H18N4O2S/c1-11(10-14)20(18,19)17-8-6-16(7-9-17)13-4-2-12(15)3-5-13/h2-5,11H,6-9,15H2,1H3. The molecular weight excluding hydrogens is 276 g/mol. The van der Waals surface area contributed by atoms with E-state index >= 15 is 0 Å². The monoisotopic (exact) mass is 294 g/mol. The van der Waals surface area contributed by atoms with Crippen LogP contribution in [0.2, 0.25) is 0 Å². The van der Waals surface area contributed by atoms with Gasteiger partial charge in [-0.3, -0.25) is 0 Å². The van der Waals surface area contributed by atoms with Crippen LogP contribution in [-0.2, 0) is 10.0 Å². The van der Waals surface area contributed by atoms with E-state index in [-0.39, 0.29) is 0 Å². The van der Waals surface area contributed by atoms with E-state index < -0.39 is 15.3 Å². The molecule has 0 radical (unpaired) electrons. The number of benzene rings is 1. The van der Waals surface area contributed by atoms with Crippen molar-refractivity contribution in [3.8, 4) is 6.07 Å². The maximum Gasteiger partial charge on any atom is 0.230 e. The van der Waals surface area contributed by atoms with Crippen LogP contribution in [0.1, 0.15) is 6.92 Å². The van der Waals surface area contributed by atoms with Crippen LogP contribution in [0.15, 0.2) is 24.3 Å². The molecule has 0 amide bonds. The topological polar surface area (TPSA) is 90.4 Å². The number of rotatable bonds is 3. The average Bonchev–Trinajstić information content (AvgIpc) is 2.47. The molecule has 7 heteroatoms. The maximum absolute atomic E-state index is 12.1. The highest BCUT2D eigenvalue weighted by atomic mass is 32.2. The van der Waals surface area contributed by atoms with Gasteiger partial charge in [0, 0.05) is 37.6 Å². The second-order valence-electron chi connectivity index (χ2n) is 4.79. The fraction of sp³-hybridized carbons (Fsp3) is 0.462. The number of piperazine rings is 1. The van der Waals surface area contributed by atoms with Crippen LogP contribution in [0, 0.1) is 11.3 Å². The van der Waals surface area contributed by atoms with Gasteiger partial charge in [0.05, 0.1) is 6.07 Å². The number of sulfonamides is 1. The highest BCUT2D eigenvalue weighted by Crippen LogP contribution is 2.20. The molecule has 1 aliphatic heterocycles. The van der Waals surface area contributed by atoms with Crippen LogP contribution in [0.5, 0.6) is 0 Å². The van der Waals surface area contributed by atoms with Crippen LogP contribution in [0.25, 0.3) is 0 Å². The van der Waals surface area contributed by atoms with Crippen LogP contribution in [0.4, 0.5) is 11.4 Å². The molecule has 1 aromatic rings. The van der Waals surface area contributed by atoms with Crippen molar-refractivity contribution in [1.29, 1.82) is 5.26 Å². The van der Waals surface area contributed by atoms with Crippen molar-refractivity contribution in [1.82, 2.24) is 4.31 Å². The molecule has 6 nitrogen and oxygen atoms in total. The number of nitriles is 1. The molecule has 0 bridgehead atoms. The van der Waals surface area contributed by atoms with E-state index in [9.17, 15) is 8.42 Å². The molecule has 2 N–H and O–H groups in total. The molecule has 1 saturated heterocycles. The van der Waals surface area contributed by atoms with Gasteiger partial charge < -0.3 is 10.6 Å². The first-order valence-corrected chi connectivity index (χ1v) is 7.94. The third-order valence-electron chi connectivity index (χ3n) is 3.49. The Hall–Kier alpha value is -1.78. The Kier molecular flexibility index (Phi) is 4.16. The fourth-order valence-corrected chi connectivity index (χ4v) is 3.43. The summed E-state index contributed by atoms with van der Waals surface area (Å²) in [7, 11) is -3.50. The Morgan fingerprint density at radius 1 is 1.20 bits per heavy atom. The lowest BCUT2D eigenvalue weighted by Crippen LogP contribution is -2.50. The van der Waals surface area contributed by atoms with Gasteiger partial charge in [-0.2, -0.15) is 9.57 Å². The lowest BCUT2D eigenvalue weighted by Gasteiger charge is -2.35. The van der Waals surface area contributed by atoms with Gasteiger partial charge in [0.25, 0.3) is 0 Å². The minimum Gasteiger partial charge on any atom is -0.399 e. The van der Waals surface area contributed by atoms with Gasteiger partial charge in [-0.25, -0.2) is 8.42 Å². The number of nitrogens with two attached hydrogens (primary N) is 1. The molecule has 108 valence electrons. The molecule has 0 aliphatic carbocycles. The third-order valence-corrected chi connectivity index (χ3v) is 5.57. The zero-order valence-corrected chi connectivity index (χ0v) is 12.2. The van der Waals surface area contributed by atoms with Gasteiger partial charge in [0.2, 0.25) is 10.0 Å². The first-order valence-electron chi connectivity index (χ1n) is 6.44. The van der Waals surface area contributed by atoms with E-state index in [1.165, 1.54) is 11.2 Å². The largest absolute Gasteiger partial charge is 0.399 e. The van der Waals surface area contributed by atoms with Crippen molar-refractivity contribution >= 4 is 21.4 Å². The second-order valence-corrected chi connectivity index (χ2v) is 7.05. The Bertz CT molecular complexity index is 598. The van der Waals surface area contributed by atoms with Crippen molar-refractivity contribution in [3.05, 3.63) is 24.3 Å². The van der Waals surface area contributed by atoms with Crippen molar-refractivity contribution < 1.29 is 8.42 Å². The van der Waals surface area contributed by atoms with Gasteiger partial charge in [-0.15, -0.1) is 0 Å². The van der Waals surface area contributed by atoms with E-state index in [1.54, 1.807) is 6.07 Å². The van der Waals surface area contributed by atoms with Gasteiger partial charge in [0.15, 0.2) is 5.25 Å². The quantitative estimate of drug-likeness (QED) is 0.826. The molecule has 2 rings (SSSR count). The van der Waals surface area contributed by atoms with Crippen LogP contribution in [0.3, 0.4) is 0 Å². The zero-order valence-electron chi connectivity index (χ0n) is 11.4. The molecule has 0 saturated carbocycles. The minimum atomic E-state index is -3.50. The van der Waals surface area contributed by atoms with Crippen LogP contribution in [-0.4, -0.2) is 44.2 Å². The molecule has 20 heavy (non-hydrogen) atoms. The van der Waals surface area contributed by atoms with Crippen molar-refractivity contribution in [2.75, 3.05) is 36.8 Å². The molecular formula is C13H18N4O2S. The molecule has 1 unspecified atom stereocenters. The van der Waals surface area contributed by atoms with Gasteiger partial charge in [0.1, 0.15) is 0 Å². The van der Waals surface area contributed by atoms with E-state index in [0.717, 1.165) is 5.69 Å². The molecule has 1 heterocycles. The molecule has 1 atom stereocenters. The summed E-state index contributed by atoms with van der Waals surface area (Å²) in [6.07, 6.45) is 0.